The summed E-state index contributed by atoms with van der Waals surface area (Å²) in [7, 11) is -2.72. The van der Waals surface area contributed by atoms with Gasteiger partial charge < -0.3 is 4.74 Å². The molecule has 0 bridgehead atoms. The third-order valence-electron chi connectivity index (χ3n) is 2.37. The molecule has 0 aliphatic rings. The molecule has 1 aromatic carbocycles. The lowest BCUT2D eigenvalue weighted by atomic mass is 10.2. The Morgan fingerprint density at radius 1 is 1.45 bits per heavy atom. The molecule has 0 aliphatic carbocycles. The molecule has 0 aliphatic heterocycles. The minimum Gasteiger partial charge on any atom is -0.490 e. The Morgan fingerprint density at radius 3 is 2.65 bits per heavy atom. The lowest BCUT2D eigenvalue weighted by Gasteiger charge is -2.02. The topological polar surface area (TPSA) is 154 Å². The van der Waals surface area contributed by atoms with Crippen LogP contribution in [0.3, 0.4) is 0 Å². The van der Waals surface area contributed by atoms with Crippen molar-refractivity contribution in [2.24, 2.45) is 5.14 Å². The number of rotatable bonds is 4. The summed E-state index contributed by atoms with van der Waals surface area (Å²) < 4.78 is 27.0. The van der Waals surface area contributed by atoms with E-state index in [0.29, 0.717) is 0 Å². The smallest absolute Gasteiger partial charge is 0.311 e. The third kappa shape index (κ3) is 2.57. The van der Waals surface area contributed by atoms with Crippen LogP contribution in [0, 0.1) is 10.1 Å². The molecule has 0 unspecified atom stereocenters. The predicted octanol–water partition coefficient (Wildman–Crippen LogP) is 0.0359. The van der Waals surface area contributed by atoms with Crippen molar-refractivity contribution >= 4 is 15.7 Å². The summed E-state index contributed by atoms with van der Waals surface area (Å²) in [5, 5.41) is 21.0. The van der Waals surface area contributed by atoms with Gasteiger partial charge >= 0.3 is 5.69 Å². The highest BCUT2D eigenvalue weighted by molar-refractivity contribution is 7.89. The lowest BCUT2D eigenvalue weighted by Crippen LogP contribution is -2.13. The molecule has 0 radical (unpaired) electrons. The van der Waals surface area contributed by atoms with Gasteiger partial charge in [0.2, 0.25) is 0 Å². The van der Waals surface area contributed by atoms with Crippen molar-refractivity contribution in [2.45, 2.75) is 5.16 Å². The number of methoxy groups -OCH3 is 1. The Bertz CT molecular complexity index is 769. The molecule has 0 amide bonds. The van der Waals surface area contributed by atoms with E-state index < -0.39 is 20.1 Å². The Morgan fingerprint density at radius 2 is 2.15 bits per heavy atom. The highest BCUT2D eigenvalue weighted by Gasteiger charge is 2.19. The molecule has 11 heteroatoms. The number of ether oxygens (including phenoxy) is 1. The molecular weight excluding hydrogens is 290 g/mol. The highest BCUT2D eigenvalue weighted by atomic mass is 32.2. The van der Waals surface area contributed by atoms with Crippen molar-refractivity contribution in [1.29, 1.82) is 0 Å². The molecule has 10 nitrogen and oxygen atoms in total. The monoisotopic (exact) mass is 299 g/mol. The summed E-state index contributed by atoms with van der Waals surface area (Å²) in [6, 6.07) is 4.00. The first-order valence-electron chi connectivity index (χ1n) is 5.11. The van der Waals surface area contributed by atoms with Gasteiger partial charge in [-0.1, -0.05) is 0 Å². The van der Waals surface area contributed by atoms with Gasteiger partial charge in [0, 0.05) is 11.6 Å². The first-order chi connectivity index (χ1) is 9.32. The van der Waals surface area contributed by atoms with Gasteiger partial charge in [-0.3, -0.25) is 10.1 Å². The van der Waals surface area contributed by atoms with E-state index in [0.717, 1.165) is 0 Å². The van der Waals surface area contributed by atoms with Crippen LogP contribution < -0.4 is 9.88 Å². The highest BCUT2D eigenvalue weighted by Crippen LogP contribution is 2.30. The number of nitrogens with two attached hydrogens (primary N) is 1. The van der Waals surface area contributed by atoms with Crippen molar-refractivity contribution in [3.8, 4) is 17.1 Å². The number of hydrogen-bond acceptors (Lipinski definition) is 7. The number of H-pyrrole nitrogens is 1. The number of benzene rings is 1. The maximum absolute atomic E-state index is 11.1. The number of nitro groups is 1. The number of sulfonamides is 1. The number of nitrogens with zero attached hydrogens (tertiary/aromatic N) is 3. The maximum Gasteiger partial charge on any atom is 0.311 e. The minimum absolute atomic E-state index is 0.0280. The Hall–Kier alpha value is -2.53. The van der Waals surface area contributed by atoms with E-state index in [1.807, 2.05) is 0 Å². The molecule has 106 valence electrons. The Kier molecular flexibility index (Phi) is 3.38. The Balaban J connectivity index is 2.51. The first-order valence-corrected chi connectivity index (χ1v) is 6.65. The number of nitrogens with one attached hydrogen (secondary N) is 1. The van der Waals surface area contributed by atoms with Gasteiger partial charge in [-0.15, -0.1) is 0 Å². The predicted molar refractivity (Wildman–Crippen MR) is 66.4 cm³/mol. The zero-order valence-electron chi connectivity index (χ0n) is 10.1. The largest absolute Gasteiger partial charge is 0.490 e. The van der Waals surface area contributed by atoms with Gasteiger partial charge in [0.15, 0.2) is 11.6 Å². The van der Waals surface area contributed by atoms with E-state index in [9.17, 15) is 18.5 Å². The normalized spacial score (nSPS) is 11.3. The second-order valence-electron chi connectivity index (χ2n) is 3.65. The van der Waals surface area contributed by atoms with Crippen LogP contribution in [0.1, 0.15) is 0 Å². The fourth-order valence-corrected chi connectivity index (χ4v) is 1.86. The average molecular weight is 299 g/mol. The number of hydrogen-bond donors (Lipinski definition) is 2. The maximum atomic E-state index is 11.1. The summed E-state index contributed by atoms with van der Waals surface area (Å²) in [4.78, 5) is 13.9. The van der Waals surface area contributed by atoms with Gasteiger partial charge in [0.05, 0.1) is 12.0 Å². The third-order valence-corrected chi connectivity index (χ3v) is 3.09. The van der Waals surface area contributed by atoms with E-state index in [2.05, 4.69) is 15.2 Å². The summed E-state index contributed by atoms with van der Waals surface area (Å²) in [5.74, 6) is 0.0423. The first kappa shape index (κ1) is 13.9. The van der Waals surface area contributed by atoms with Gasteiger partial charge in [0.1, 0.15) is 0 Å². The molecule has 0 saturated carbocycles. The molecule has 3 N–H and O–H groups in total. The fourth-order valence-electron chi connectivity index (χ4n) is 1.48. The van der Waals surface area contributed by atoms with E-state index in [4.69, 9.17) is 9.88 Å². The molecule has 1 aromatic heterocycles. The van der Waals surface area contributed by atoms with Gasteiger partial charge in [0.25, 0.3) is 15.2 Å². The molecule has 2 rings (SSSR count). The summed E-state index contributed by atoms with van der Waals surface area (Å²) in [6.07, 6.45) is 0. The standard InChI is InChI=1S/C9H9N5O5S/c1-19-7-3-2-5(4-6(7)14(15)16)8-11-9(13-12-8)20(10,17)18/h2-4H,1H3,(H2,10,17,18)(H,11,12,13). The van der Waals surface area contributed by atoms with Crippen molar-refractivity contribution in [2.75, 3.05) is 7.11 Å². The van der Waals surface area contributed by atoms with Crippen LogP contribution in [0.2, 0.25) is 0 Å². The van der Waals surface area contributed by atoms with Crippen molar-refractivity contribution in [3.05, 3.63) is 28.3 Å². The van der Waals surface area contributed by atoms with Crippen molar-refractivity contribution in [1.82, 2.24) is 15.2 Å². The minimum atomic E-state index is -4.02. The van der Waals surface area contributed by atoms with E-state index in [1.165, 1.54) is 25.3 Å². The fraction of sp³-hybridized carbons (Fsp3) is 0.111. The second kappa shape index (κ2) is 4.86. The number of primary sulfonamides is 1. The van der Waals surface area contributed by atoms with Crippen LogP contribution >= 0.6 is 0 Å². The summed E-state index contributed by atoms with van der Waals surface area (Å²) in [6.45, 7) is 0. The number of aromatic nitrogens is 3. The quantitative estimate of drug-likeness (QED) is 0.596. The summed E-state index contributed by atoms with van der Waals surface area (Å²) in [5.41, 5.74) is -0.0318. The number of nitro benzene ring substituents is 1. The molecule has 0 spiro atoms. The average Bonchev–Trinajstić information content (AvgIpc) is 2.87. The van der Waals surface area contributed by atoms with Crippen molar-refractivity contribution < 1.29 is 18.1 Å². The van der Waals surface area contributed by atoms with E-state index >= 15 is 0 Å². The van der Waals surface area contributed by atoms with Gasteiger partial charge in [-0.05, 0) is 12.1 Å². The SMILES string of the molecule is COc1ccc(-c2n[nH]c(S(N)(=O)=O)n2)cc1[N+](=O)[O-]. The zero-order valence-corrected chi connectivity index (χ0v) is 10.9. The van der Waals surface area contributed by atoms with Crippen molar-refractivity contribution in [3.63, 3.8) is 0 Å². The van der Waals surface area contributed by atoms with E-state index in [1.54, 1.807) is 0 Å². The molecular formula is C9H9N5O5S. The number of aromatic amines is 1. The van der Waals surface area contributed by atoms with Gasteiger partial charge in [-0.25, -0.2) is 18.7 Å². The lowest BCUT2D eigenvalue weighted by molar-refractivity contribution is -0.385. The van der Waals surface area contributed by atoms with Crippen LogP contribution in [-0.4, -0.2) is 35.6 Å². The van der Waals surface area contributed by atoms with Crippen LogP contribution in [0.5, 0.6) is 5.75 Å². The molecule has 0 atom stereocenters. The van der Waals surface area contributed by atoms with Crippen LogP contribution in [0.25, 0.3) is 11.4 Å². The van der Waals surface area contributed by atoms with Crippen LogP contribution in [0.15, 0.2) is 23.4 Å². The zero-order chi connectivity index (χ0) is 14.9. The molecule has 20 heavy (non-hydrogen) atoms. The van der Waals surface area contributed by atoms with E-state index in [-0.39, 0.29) is 22.8 Å². The van der Waals surface area contributed by atoms with Crippen LogP contribution in [-0.2, 0) is 10.0 Å². The molecule has 0 saturated heterocycles. The molecule has 1 heterocycles. The Labute approximate surface area is 112 Å². The van der Waals surface area contributed by atoms with Crippen LogP contribution in [0.4, 0.5) is 5.69 Å². The molecule has 2 aromatic rings. The second-order valence-corrected chi connectivity index (χ2v) is 5.13. The molecule has 0 fully saturated rings. The van der Waals surface area contributed by atoms with Gasteiger partial charge in [-0.2, -0.15) is 10.1 Å². The summed E-state index contributed by atoms with van der Waals surface area (Å²) >= 11 is 0.